The maximum Gasteiger partial charge on any atom is 0.244 e. The van der Waals surface area contributed by atoms with Gasteiger partial charge >= 0.3 is 0 Å². The highest BCUT2D eigenvalue weighted by Gasteiger charge is 2.33. The highest BCUT2D eigenvalue weighted by atomic mass is 35.5. The number of carbonyl (C=O) groups is 2. The van der Waals surface area contributed by atoms with Gasteiger partial charge in [-0.15, -0.1) is 0 Å². The summed E-state index contributed by atoms with van der Waals surface area (Å²) in [5, 5.41) is 3.43. The summed E-state index contributed by atoms with van der Waals surface area (Å²) in [6.07, 6.45) is 3.05. The Balaban J connectivity index is 2.06. The summed E-state index contributed by atoms with van der Waals surface area (Å²) in [7, 11) is -3.82. The number of anilines is 1. The van der Waals surface area contributed by atoms with Crippen LogP contribution in [0.2, 0.25) is 5.02 Å². The highest BCUT2D eigenvalue weighted by molar-refractivity contribution is 7.92. The third-order valence-corrected chi connectivity index (χ3v) is 8.08. The van der Waals surface area contributed by atoms with E-state index in [2.05, 4.69) is 5.32 Å². The second-order valence-electron chi connectivity index (χ2n) is 10.1. The minimum atomic E-state index is -3.82. The molecule has 2 amide bonds. The quantitative estimate of drug-likeness (QED) is 0.277. The van der Waals surface area contributed by atoms with Gasteiger partial charge in [0.15, 0.2) is 0 Å². The van der Waals surface area contributed by atoms with Crippen molar-refractivity contribution in [1.82, 2.24) is 10.2 Å². The first kappa shape index (κ1) is 31.2. The topological polar surface area (TPSA) is 86.8 Å². The Hall–Kier alpha value is -3.36. The van der Waals surface area contributed by atoms with Gasteiger partial charge in [0, 0.05) is 24.5 Å². The van der Waals surface area contributed by atoms with Gasteiger partial charge in [0.25, 0.3) is 0 Å². The van der Waals surface area contributed by atoms with Gasteiger partial charge in [0.05, 0.1) is 11.9 Å². The summed E-state index contributed by atoms with van der Waals surface area (Å²) in [5.74, 6) is -0.800. The van der Waals surface area contributed by atoms with Crippen LogP contribution >= 0.6 is 11.6 Å². The summed E-state index contributed by atoms with van der Waals surface area (Å²) in [6, 6.07) is 21.1. The standard InChI is InChI=1S/C31H38ClN3O4S/c1-5-6-16-33-31(37)29(20-25-12-8-7-9-13-25)34(21-26-14-10-11-15-28(26)32)30(36)22-35(40(4,38)39)27-18-23(2)17-24(3)19-27/h7-15,17-19,29H,5-6,16,20-22H2,1-4H3,(H,33,37). The van der Waals surface area contributed by atoms with Crippen LogP contribution < -0.4 is 9.62 Å². The lowest BCUT2D eigenvalue weighted by molar-refractivity contribution is -0.140. The molecule has 0 radical (unpaired) electrons. The molecular formula is C31H38ClN3O4S. The van der Waals surface area contributed by atoms with E-state index in [1.54, 1.807) is 30.3 Å². The Bertz CT molecular complexity index is 1390. The maximum absolute atomic E-state index is 14.1. The first-order valence-electron chi connectivity index (χ1n) is 13.4. The van der Waals surface area contributed by atoms with Crippen molar-refractivity contribution in [2.75, 3.05) is 23.7 Å². The van der Waals surface area contributed by atoms with Crippen molar-refractivity contribution in [3.05, 3.63) is 100 Å². The Morgan fingerprint density at radius 3 is 2.17 bits per heavy atom. The van der Waals surface area contributed by atoms with Crippen molar-refractivity contribution in [2.24, 2.45) is 0 Å². The molecule has 3 aromatic rings. The number of amides is 2. The smallest absolute Gasteiger partial charge is 0.244 e. The first-order valence-corrected chi connectivity index (χ1v) is 15.6. The van der Waals surface area contributed by atoms with Crippen LogP contribution in [-0.4, -0.2) is 50.5 Å². The molecule has 3 aromatic carbocycles. The fourth-order valence-corrected chi connectivity index (χ4v) is 5.61. The molecule has 3 rings (SSSR count). The van der Waals surface area contributed by atoms with Crippen LogP contribution in [0.1, 0.15) is 42.0 Å². The molecule has 0 aliphatic heterocycles. The van der Waals surface area contributed by atoms with E-state index in [0.717, 1.165) is 40.1 Å². The number of sulfonamides is 1. The number of nitrogens with zero attached hydrogens (tertiary/aromatic N) is 2. The molecule has 1 atom stereocenters. The average molecular weight is 584 g/mol. The van der Waals surface area contributed by atoms with Gasteiger partial charge in [0.1, 0.15) is 12.6 Å². The van der Waals surface area contributed by atoms with E-state index in [-0.39, 0.29) is 18.9 Å². The van der Waals surface area contributed by atoms with E-state index in [1.807, 2.05) is 63.2 Å². The van der Waals surface area contributed by atoms with E-state index >= 15 is 0 Å². The van der Waals surface area contributed by atoms with E-state index in [0.29, 0.717) is 22.8 Å². The van der Waals surface area contributed by atoms with Crippen molar-refractivity contribution in [3.8, 4) is 0 Å². The van der Waals surface area contributed by atoms with Gasteiger partial charge < -0.3 is 10.2 Å². The SMILES string of the molecule is CCCCNC(=O)C(Cc1ccccc1)N(Cc1ccccc1Cl)C(=O)CN(c1cc(C)cc(C)c1)S(C)(=O)=O. The van der Waals surface area contributed by atoms with Crippen molar-refractivity contribution in [2.45, 2.75) is 52.6 Å². The second-order valence-corrected chi connectivity index (χ2v) is 12.4. The van der Waals surface area contributed by atoms with Crippen LogP contribution in [0.5, 0.6) is 0 Å². The summed E-state index contributed by atoms with van der Waals surface area (Å²) >= 11 is 6.48. The molecule has 0 spiro atoms. The molecule has 214 valence electrons. The molecule has 40 heavy (non-hydrogen) atoms. The predicted octanol–water partition coefficient (Wildman–Crippen LogP) is 5.28. The van der Waals surface area contributed by atoms with Gasteiger partial charge in [-0.05, 0) is 60.7 Å². The number of halogens is 1. The molecule has 0 saturated heterocycles. The molecule has 9 heteroatoms. The zero-order valence-electron chi connectivity index (χ0n) is 23.6. The number of nitrogens with one attached hydrogen (secondary N) is 1. The summed E-state index contributed by atoms with van der Waals surface area (Å²) < 4.78 is 27.0. The molecule has 0 aromatic heterocycles. The monoisotopic (exact) mass is 583 g/mol. The predicted molar refractivity (Wildman–Crippen MR) is 162 cm³/mol. The van der Waals surface area contributed by atoms with Crippen LogP contribution in [0.3, 0.4) is 0 Å². The molecule has 0 aliphatic rings. The molecule has 7 nitrogen and oxygen atoms in total. The summed E-state index contributed by atoms with van der Waals surface area (Å²) in [5.41, 5.74) is 3.69. The molecule has 1 N–H and O–H groups in total. The molecule has 0 heterocycles. The number of benzene rings is 3. The zero-order chi connectivity index (χ0) is 29.3. The normalized spacial score (nSPS) is 12.0. The Labute approximate surface area is 243 Å². The molecule has 0 bridgehead atoms. The number of hydrogen-bond donors (Lipinski definition) is 1. The van der Waals surface area contributed by atoms with Crippen LogP contribution in [0.15, 0.2) is 72.8 Å². The van der Waals surface area contributed by atoms with Crippen molar-refractivity contribution in [3.63, 3.8) is 0 Å². The van der Waals surface area contributed by atoms with E-state index < -0.39 is 28.5 Å². The fourth-order valence-electron chi connectivity index (χ4n) is 4.58. The Morgan fingerprint density at radius 1 is 0.950 bits per heavy atom. The molecule has 1 unspecified atom stereocenters. The number of hydrogen-bond acceptors (Lipinski definition) is 4. The third kappa shape index (κ3) is 8.83. The van der Waals surface area contributed by atoms with E-state index in [9.17, 15) is 18.0 Å². The molecule has 0 fully saturated rings. The lowest BCUT2D eigenvalue weighted by atomic mass is 10.0. The first-order chi connectivity index (χ1) is 19.0. The lowest BCUT2D eigenvalue weighted by Gasteiger charge is -2.33. The highest BCUT2D eigenvalue weighted by Crippen LogP contribution is 2.24. The number of unbranched alkanes of at least 4 members (excludes halogenated alkanes) is 1. The van der Waals surface area contributed by atoms with E-state index in [1.165, 1.54) is 4.90 Å². The Morgan fingerprint density at radius 2 is 1.57 bits per heavy atom. The average Bonchev–Trinajstić information content (AvgIpc) is 2.89. The van der Waals surface area contributed by atoms with Crippen molar-refractivity contribution >= 4 is 39.1 Å². The summed E-state index contributed by atoms with van der Waals surface area (Å²) in [6.45, 7) is 5.85. The fraction of sp³-hybridized carbons (Fsp3) is 0.355. The van der Waals surface area contributed by atoms with E-state index in [4.69, 9.17) is 11.6 Å². The largest absolute Gasteiger partial charge is 0.354 e. The number of aryl methyl sites for hydroxylation is 2. The molecule has 0 aliphatic carbocycles. The molecule has 0 saturated carbocycles. The zero-order valence-corrected chi connectivity index (χ0v) is 25.1. The maximum atomic E-state index is 14.1. The van der Waals surface area contributed by atoms with Crippen LogP contribution in [0.25, 0.3) is 0 Å². The van der Waals surface area contributed by atoms with Crippen LogP contribution in [0.4, 0.5) is 5.69 Å². The third-order valence-electron chi connectivity index (χ3n) is 6.57. The van der Waals surface area contributed by atoms with Gasteiger partial charge in [-0.1, -0.05) is 79.5 Å². The minimum absolute atomic E-state index is 0.0433. The lowest BCUT2D eigenvalue weighted by Crippen LogP contribution is -2.53. The number of rotatable bonds is 13. The van der Waals surface area contributed by atoms with Crippen LogP contribution in [-0.2, 0) is 32.6 Å². The van der Waals surface area contributed by atoms with Gasteiger partial charge in [-0.25, -0.2) is 8.42 Å². The van der Waals surface area contributed by atoms with Crippen molar-refractivity contribution in [1.29, 1.82) is 0 Å². The molecular weight excluding hydrogens is 546 g/mol. The van der Waals surface area contributed by atoms with Gasteiger partial charge in [-0.3, -0.25) is 13.9 Å². The van der Waals surface area contributed by atoms with Gasteiger partial charge in [0.2, 0.25) is 21.8 Å². The minimum Gasteiger partial charge on any atom is -0.354 e. The van der Waals surface area contributed by atoms with Gasteiger partial charge in [-0.2, -0.15) is 0 Å². The number of carbonyl (C=O) groups excluding carboxylic acids is 2. The Kier molecular flexibility index (Phi) is 11.2. The van der Waals surface area contributed by atoms with Crippen LogP contribution in [0, 0.1) is 13.8 Å². The second kappa shape index (κ2) is 14.3. The summed E-state index contributed by atoms with van der Waals surface area (Å²) in [4.78, 5) is 29.2. The van der Waals surface area contributed by atoms with Crippen molar-refractivity contribution < 1.29 is 18.0 Å².